The average Bonchev–Trinajstić information content (AvgIpc) is 2.28. The van der Waals surface area contributed by atoms with Crippen LogP contribution in [0.5, 0.6) is 5.75 Å². The number of nitrogens with one attached hydrogen (secondary N) is 1. The van der Waals surface area contributed by atoms with Gasteiger partial charge >= 0.3 is 0 Å². The number of rotatable bonds is 2. The van der Waals surface area contributed by atoms with Crippen LogP contribution >= 0.6 is 0 Å². The summed E-state index contributed by atoms with van der Waals surface area (Å²) in [6.45, 7) is 6.23. The van der Waals surface area contributed by atoms with Crippen LogP contribution in [-0.2, 0) is 0 Å². The molecule has 1 aromatic heterocycles. The normalized spacial score (nSPS) is 25.6. The van der Waals surface area contributed by atoms with Crippen molar-refractivity contribution in [2.24, 2.45) is 0 Å². The highest BCUT2D eigenvalue weighted by atomic mass is 16.5. The first kappa shape index (κ1) is 11.1. The fourth-order valence-corrected chi connectivity index (χ4v) is 2.07. The Balaban J connectivity index is 2.10. The van der Waals surface area contributed by atoms with E-state index in [1.165, 1.54) is 0 Å². The summed E-state index contributed by atoms with van der Waals surface area (Å²) in [5, 5.41) is 3.48. The molecule has 0 bridgehead atoms. The summed E-state index contributed by atoms with van der Waals surface area (Å²) in [5.41, 5.74) is 0. The molecule has 88 valence electrons. The summed E-state index contributed by atoms with van der Waals surface area (Å²) < 4.78 is 5.04. The van der Waals surface area contributed by atoms with Crippen molar-refractivity contribution in [3.63, 3.8) is 0 Å². The van der Waals surface area contributed by atoms with Crippen molar-refractivity contribution in [3.05, 3.63) is 12.4 Å². The summed E-state index contributed by atoms with van der Waals surface area (Å²) in [7, 11) is 1.62. The van der Waals surface area contributed by atoms with E-state index in [2.05, 4.69) is 34.0 Å². The Hall–Kier alpha value is -1.36. The Morgan fingerprint density at radius 1 is 1.25 bits per heavy atom. The molecule has 16 heavy (non-hydrogen) atoms. The van der Waals surface area contributed by atoms with Crippen molar-refractivity contribution in [3.8, 4) is 5.75 Å². The number of methoxy groups -OCH3 is 1. The molecule has 1 aliphatic heterocycles. The Bertz CT molecular complexity index is 330. The van der Waals surface area contributed by atoms with Gasteiger partial charge in [0.15, 0.2) is 5.75 Å². The van der Waals surface area contributed by atoms with Crippen molar-refractivity contribution in [2.45, 2.75) is 25.9 Å². The van der Waals surface area contributed by atoms with Crippen LogP contribution in [0.15, 0.2) is 12.4 Å². The molecule has 1 fully saturated rings. The molecular weight excluding hydrogens is 204 g/mol. The molecule has 2 heterocycles. The van der Waals surface area contributed by atoms with E-state index in [1.54, 1.807) is 19.5 Å². The quantitative estimate of drug-likeness (QED) is 0.797. The third-order valence-corrected chi connectivity index (χ3v) is 2.69. The Labute approximate surface area is 95.8 Å². The first-order chi connectivity index (χ1) is 7.69. The molecule has 0 radical (unpaired) electrons. The summed E-state index contributed by atoms with van der Waals surface area (Å²) >= 11 is 0. The average molecular weight is 222 g/mol. The van der Waals surface area contributed by atoms with Gasteiger partial charge < -0.3 is 15.0 Å². The molecular formula is C11H18N4O. The summed E-state index contributed by atoms with van der Waals surface area (Å²) in [5.74, 6) is 1.47. The summed E-state index contributed by atoms with van der Waals surface area (Å²) in [4.78, 5) is 10.8. The number of anilines is 1. The lowest BCUT2D eigenvalue weighted by Gasteiger charge is -2.36. The number of ether oxygens (including phenoxy) is 1. The monoisotopic (exact) mass is 222 g/mol. The molecule has 5 nitrogen and oxygen atoms in total. The van der Waals surface area contributed by atoms with Crippen LogP contribution in [0.1, 0.15) is 13.8 Å². The van der Waals surface area contributed by atoms with E-state index in [9.17, 15) is 0 Å². The van der Waals surface area contributed by atoms with Crippen LogP contribution in [0, 0.1) is 0 Å². The minimum Gasteiger partial charge on any atom is -0.494 e. The Kier molecular flexibility index (Phi) is 3.24. The number of nitrogens with zero attached hydrogens (tertiary/aromatic N) is 3. The van der Waals surface area contributed by atoms with Gasteiger partial charge in [-0.25, -0.2) is 9.97 Å². The van der Waals surface area contributed by atoms with Crippen molar-refractivity contribution in [2.75, 3.05) is 25.1 Å². The maximum absolute atomic E-state index is 5.04. The van der Waals surface area contributed by atoms with Crippen LogP contribution in [0.25, 0.3) is 0 Å². The molecule has 1 saturated heterocycles. The zero-order valence-electron chi connectivity index (χ0n) is 9.97. The zero-order chi connectivity index (χ0) is 11.5. The van der Waals surface area contributed by atoms with Gasteiger partial charge in [0.25, 0.3) is 0 Å². The van der Waals surface area contributed by atoms with Gasteiger partial charge in [-0.3, -0.25) is 0 Å². The van der Waals surface area contributed by atoms with E-state index in [0.717, 1.165) is 19.0 Å². The second-order valence-electron chi connectivity index (χ2n) is 4.30. The van der Waals surface area contributed by atoms with Crippen molar-refractivity contribution in [1.29, 1.82) is 0 Å². The lowest BCUT2D eigenvalue weighted by atomic mass is 10.1. The molecule has 2 rings (SSSR count). The molecule has 0 unspecified atom stereocenters. The molecule has 0 spiro atoms. The van der Waals surface area contributed by atoms with E-state index in [4.69, 9.17) is 4.74 Å². The summed E-state index contributed by atoms with van der Waals surface area (Å²) in [6, 6.07) is 0.934. The van der Waals surface area contributed by atoms with Gasteiger partial charge in [-0.15, -0.1) is 0 Å². The molecule has 0 amide bonds. The topological polar surface area (TPSA) is 50.3 Å². The number of hydrogen-bond donors (Lipinski definition) is 1. The number of piperazine rings is 1. The first-order valence-corrected chi connectivity index (χ1v) is 5.56. The number of hydrogen-bond acceptors (Lipinski definition) is 5. The third kappa shape index (κ3) is 2.41. The van der Waals surface area contributed by atoms with Gasteiger partial charge in [0.05, 0.1) is 19.5 Å². The highest BCUT2D eigenvalue weighted by molar-refractivity contribution is 5.33. The van der Waals surface area contributed by atoms with Crippen molar-refractivity contribution in [1.82, 2.24) is 15.3 Å². The van der Waals surface area contributed by atoms with Crippen LogP contribution in [0.2, 0.25) is 0 Å². The molecule has 1 aromatic rings. The molecule has 0 aromatic carbocycles. The van der Waals surface area contributed by atoms with Crippen LogP contribution in [-0.4, -0.2) is 42.3 Å². The predicted molar refractivity (Wildman–Crippen MR) is 62.9 cm³/mol. The third-order valence-electron chi connectivity index (χ3n) is 2.69. The van der Waals surface area contributed by atoms with Gasteiger partial charge in [0.1, 0.15) is 0 Å². The van der Waals surface area contributed by atoms with E-state index in [-0.39, 0.29) is 0 Å². The minimum absolute atomic E-state index is 0.467. The molecule has 1 aliphatic rings. The fourth-order valence-electron chi connectivity index (χ4n) is 2.07. The van der Waals surface area contributed by atoms with Crippen molar-refractivity contribution >= 4 is 5.95 Å². The highest BCUT2D eigenvalue weighted by Gasteiger charge is 2.22. The fraction of sp³-hybridized carbons (Fsp3) is 0.636. The van der Waals surface area contributed by atoms with E-state index in [0.29, 0.717) is 17.8 Å². The minimum atomic E-state index is 0.467. The Morgan fingerprint density at radius 2 is 1.81 bits per heavy atom. The molecule has 0 saturated carbocycles. The van der Waals surface area contributed by atoms with Crippen LogP contribution in [0.3, 0.4) is 0 Å². The first-order valence-electron chi connectivity index (χ1n) is 5.56. The second kappa shape index (κ2) is 4.65. The molecule has 5 heteroatoms. The maximum atomic E-state index is 5.04. The van der Waals surface area contributed by atoms with E-state index >= 15 is 0 Å². The van der Waals surface area contributed by atoms with E-state index in [1.807, 2.05) is 0 Å². The zero-order valence-corrected chi connectivity index (χ0v) is 9.97. The standard InChI is InChI=1S/C11H18N4O/c1-8-6-15(7-9(2)14-8)11-12-4-10(16-3)5-13-11/h4-5,8-9,14H,6-7H2,1-3H3/t8-,9-/m1/s1. The number of aromatic nitrogens is 2. The highest BCUT2D eigenvalue weighted by Crippen LogP contribution is 2.14. The maximum Gasteiger partial charge on any atom is 0.225 e. The molecule has 1 N–H and O–H groups in total. The van der Waals surface area contributed by atoms with Crippen LogP contribution < -0.4 is 15.0 Å². The van der Waals surface area contributed by atoms with Gasteiger partial charge in [0, 0.05) is 25.2 Å². The predicted octanol–water partition coefficient (Wildman–Crippen LogP) is 0.672. The van der Waals surface area contributed by atoms with Gasteiger partial charge in [-0.2, -0.15) is 0 Å². The Morgan fingerprint density at radius 3 is 2.31 bits per heavy atom. The lowest BCUT2D eigenvalue weighted by molar-refractivity contribution is 0.399. The van der Waals surface area contributed by atoms with E-state index < -0.39 is 0 Å². The van der Waals surface area contributed by atoms with Crippen LogP contribution in [0.4, 0.5) is 5.95 Å². The van der Waals surface area contributed by atoms with Gasteiger partial charge in [-0.05, 0) is 13.8 Å². The van der Waals surface area contributed by atoms with Gasteiger partial charge in [-0.1, -0.05) is 0 Å². The smallest absolute Gasteiger partial charge is 0.225 e. The SMILES string of the molecule is COc1cnc(N2C[C@@H](C)N[C@H](C)C2)nc1. The summed E-state index contributed by atoms with van der Waals surface area (Å²) in [6.07, 6.45) is 3.42. The largest absolute Gasteiger partial charge is 0.494 e. The molecule has 2 atom stereocenters. The van der Waals surface area contributed by atoms with Crippen molar-refractivity contribution < 1.29 is 4.74 Å². The molecule has 0 aliphatic carbocycles. The second-order valence-corrected chi connectivity index (χ2v) is 4.30. The van der Waals surface area contributed by atoms with Gasteiger partial charge in [0.2, 0.25) is 5.95 Å². The lowest BCUT2D eigenvalue weighted by Crippen LogP contribution is -2.54.